The molecular weight excluding hydrogens is 322 g/mol. The van der Waals surface area contributed by atoms with Crippen molar-refractivity contribution in [2.24, 2.45) is 0 Å². The van der Waals surface area contributed by atoms with E-state index in [4.69, 9.17) is 9.47 Å². The number of carbonyl (C=O) groups excluding carboxylic acids is 1. The molecule has 0 bridgehead atoms. The lowest BCUT2D eigenvalue weighted by Crippen LogP contribution is -2.35. The van der Waals surface area contributed by atoms with Gasteiger partial charge in [0.05, 0.1) is 12.2 Å². The first-order valence-corrected chi connectivity index (χ1v) is 7.42. The second-order valence-electron chi connectivity index (χ2n) is 4.61. The van der Waals surface area contributed by atoms with Crippen LogP contribution in [0.1, 0.15) is 22.3 Å². The van der Waals surface area contributed by atoms with Gasteiger partial charge in [0.15, 0.2) is 0 Å². The van der Waals surface area contributed by atoms with Crippen molar-refractivity contribution in [3.8, 4) is 0 Å². The summed E-state index contributed by atoms with van der Waals surface area (Å²) < 4.78 is 10.9. The summed E-state index contributed by atoms with van der Waals surface area (Å²) in [5.74, 6) is 0.0220. The number of aryl methyl sites for hydroxylation is 1. The molecule has 1 aromatic carbocycles. The molecule has 0 atom stereocenters. The van der Waals surface area contributed by atoms with Crippen molar-refractivity contribution < 1.29 is 14.3 Å². The van der Waals surface area contributed by atoms with Gasteiger partial charge in [0, 0.05) is 38.4 Å². The van der Waals surface area contributed by atoms with E-state index in [1.54, 1.807) is 14.2 Å². The summed E-state index contributed by atoms with van der Waals surface area (Å²) in [4.78, 5) is 14.4. The van der Waals surface area contributed by atoms with Crippen LogP contribution in [0.5, 0.6) is 0 Å². The number of nitrogens with zero attached hydrogens (tertiary/aromatic N) is 1. The van der Waals surface area contributed by atoms with E-state index in [1.807, 2.05) is 30.0 Å². The highest BCUT2D eigenvalue weighted by Crippen LogP contribution is 2.20. The maximum atomic E-state index is 12.6. The Bertz CT molecular complexity index is 437. The van der Waals surface area contributed by atoms with Crippen LogP contribution in [0.25, 0.3) is 0 Å². The Balaban J connectivity index is 2.82. The Morgan fingerprint density at radius 3 is 2.55 bits per heavy atom. The highest BCUT2D eigenvalue weighted by molar-refractivity contribution is 9.10. The lowest BCUT2D eigenvalue weighted by molar-refractivity contribution is 0.0673. The van der Waals surface area contributed by atoms with E-state index in [0.29, 0.717) is 31.9 Å². The van der Waals surface area contributed by atoms with E-state index >= 15 is 0 Å². The largest absolute Gasteiger partial charge is 0.385 e. The minimum absolute atomic E-state index is 0.0220. The Morgan fingerprint density at radius 2 is 1.90 bits per heavy atom. The summed E-state index contributed by atoms with van der Waals surface area (Å²) in [6, 6.07) is 5.79. The standard InChI is InChI=1S/C15H22BrNO3/c1-12-5-6-14(16)13(11-12)15(18)17(8-10-20-3)7-4-9-19-2/h5-6,11H,4,7-10H2,1-3H3. The third-order valence-electron chi connectivity index (χ3n) is 2.98. The molecule has 0 spiro atoms. The fourth-order valence-electron chi connectivity index (χ4n) is 1.89. The molecule has 0 aliphatic heterocycles. The molecule has 0 aliphatic rings. The van der Waals surface area contributed by atoms with Gasteiger partial charge in [-0.25, -0.2) is 0 Å². The summed E-state index contributed by atoms with van der Waals surface area (Å²) >= 11 is 3.45. The molecule has 1 rings (SSSR count). The number of benzene rings is 1. The number of hydrogen-bond donors (Lipinski definition) is 0. The molecular formula is C15H22BrNO3. The lowest BCUT2D eigenvalue weighted by Gasteiger charge is -2.23. The third kappa shape index (κ3) is 5.23. The third-order valence-corrected chi connectivity index (χ3v) is 3.67. The average Bonchev–Trinajstić information content (AvgIpc) is 2.44. The summed E-state index contributed by atoms with van der Waals surface area (Å²) in [6.07, 6.45) is 0.815. The number of methoxy groups -OCH3 is 2. The first-order chi connectivity index (χ1) is 9.60. The molecule has 0 saturated carbocycles. The van der Waals surface area contributed by atoms with E-state index in [-0.39, 0.29) is 5.91 Å². The molecule has 20 heavy (non-hydrogen) atoms. The summed E-state index contributed by atoms with van der Waals surface area (Å²) in [6.45, 7) is 4.40. The van der Waals surface area contributed by atoms with Gasteiger partial charge in [0.25, 0.3) is 5.91 Å². The molecule has 0 unspecified atom stereocenters. The quantitative estimate of drug-likeness (QED) is 0.681. The van der Waals surface area contributed by atoms with Gasteiger partial charge in [-0.2, -0.15) is 0 Å². The van der Waals surface area contributed by atoms with E-state index in [2.05, 4.69) is 15.9 Å². The molecule has 0 radical (unpaired) electrons. The van der Waals surface area contributed by atoms with Crippen molar-refractivity contribution in [3.63, 3.8) is 0 Å². The second-order valence-corrected chi connectivity index (χ2v) is 5.47. The van der Waals surface area contributed by atoms with Gasteiger partial charge >= 0.3 is 0 Å². The highest BCUT2D eigenvalue weighted by atomic mass is 79.9. The van der Waals surface area contributed by atoms with Crippen molar-refractivity contribution >= 4 is 21.8 Å². The van der Waals surface area contributed by atoms with Crippen LogP contribution in [-0.2, 0) is 9.47 Å². The van der Waals surface area contributed by atoms with Crippen LogP contribution in [0.4, 0.5) is 0 Å². The number of halogens is 1. The number of ether oxygens (including phenoxy) is 2. The van der Waals surface area contributed by atoms with Crippen LogP contribution in [0.15, 0.2) is 22.7 Å². The van der Waals surface area contributed by atoms with Crippen LogP contribution < -0.4 is 0 Å². The van der Waals surface area contributed by atoms with Gasteiger partial charge in [-0.3, -0.25) is 4.79 Å². The molecule has 0 saturated heterocycles. The van der Waals surface area contributed by atoms with Crippen molar-refractivity contribution in [2.75, 3.05) is 40.5 Å². The van der Waals surface area contributed by atoms with Crippen molar-refractivity contribution in [3.05, 3.63) is 33.8 Å². The zero-order valence-electron chi connectivity index (χ0n) is 12.3. The Morgan fingerprint density at radius 1 is 1.20 bits per heavy atom. The maximum Gasteiger partial charge on any atom is 0.255 e. The number of carbonyl (C=O) groups is 1. The normalized spacial score (nSPS) is 10.6. The van der Waals surface area contributed by atoms with E-state index in [9.17, 15) is 4.79 Å². The van der Waals surface area contributed by atoms with Gasteiger partial charge in [-0.1, -0.05) is 11.6 Å². The molecule has 5 heteroatoms. The van der Waals surface area contributed by atoms with Gasteiger partial charge < -0.3 is 14.4 Å². The smallest absolute Gasteiger partial charge is 0.255 e. The predicted molar refractivity (Wildman–Crippen MR) is 83.2 cm³/mol. The maximum absolute atomic E-state index is 12.6. The van der Waals surface area contributed by atoms with Crippen LogP contribution in [0.3, 0.4) is 0 Å². The van der Waals surface area contributed by atoms with Crippen LogP contribution in [0, 0.1) is 6.92 Å². The molecule has 0 aliphatic carbocycles. The first kappa shape index (κ1) is 17.1. The monoisotopic (exact) mass is 343 g/mol. The minimum atomic E-state index is 0.0220. The van der Waals surface area contributed by atoms with Crippen molar-refractivity contribution in [2.45, 2.75) is 13.3 Å². The predicted octanol–water partition coefficient (Wildman–Crippen LogP) is 2.88. The fraction of sp³-hybridized carbons (Fsp3) is 0.533. The van der Waals surface area contributed by atoms with Gasteiger partial charge in [-0.05, 0) is 41.4 Å². The Labute approximate surface area is 129 Å². The van der Waals surface area contributed by atoms with E-state index < -0.39 is 0 Å². The summed E-state index contributed by atoms with van der Waals surface area (Å²) in [7, 11) is 3.30. The van der Waals surface area contributed by atoms with Crippen molar-refractivity contribution in [1.82, 2.24) is 4.90 Å². The zero-order chi connectivity index (χ0) is 15.0. The number of amides is 1. The topological polar surface area (TPSA) is 38.8 Å². The van der Waals surface area contributed by atoms with Crippen LogP contribution >= 0.6 is 15.9 Å². The molecule has 1 aromatic rings. The Kier molecular flexibility index (Phi) is 7.80. The highest BCUT2D eigenvalue weighted by Gasteiger charge is 2.17. The van der Waals surface area contributed by atoms with Crippen LogP contribution in [0.2, 0.25) is 0 Å². The molecule has 0 fully saturated rings. The Hall–Kier alpha value is -0.910. The van der Waals surface area contributed by atoms with Crippen LogP contribution in [-0.4, -0.2) is 51.3 Å². The lowest BCUT2D eigenvalue weighted by atomic mass is 10.1. The molecule has 0 N–H and O–H groups in total. The zero-order valence-corrected chi connectivity index (χ0v) is 13.9. The summed E-state index contributed by atoms with van der Waals surface area (Å²) in [5.41, 5.74) is 1.76. The van der Waals surface area contributed by atoms with Gasteiger partial charge in [0.2, 0.25) is 0 Å². The summed E-state index contributed by atoms with van der Waals surface area (Å²) in [5, 5.41) is 0. The average molecular weight is 344 g/mol. The fourth-order valence-corrected chi connectivity index (χ4v) is 2.31. The van der Waals surface area contributed by atoms with E-state index in [1.165, 1.54) is 0 Å². The van der Waals surface area contributed by atoms with Gasteiger partial charge in [-0.15, -0.1) is 0 Å². The molecule has 1 amide bonds. The van der Waals surface area contributed by atoms with E-state index in [0.717, 1.165) is 16.5 Å². The molecule has 4 nitrogen and oxygen atoms in total. The molecule has 0 aromatic heterocycles. The molecule has 0 heterocycles. The molecule has 112 valence electrons. The first-order valence-electron chi connectivity index (χ1n) is 6.63. The van der Waals surface area contributed by atoms with Crippen molar-refractivity contribution in [1.29, 1.82) is 0 Å². The minimum Gasteiger partial charge on any atom is -0.385 e. The SMILES string of the molecule is COCCCN(CCOC)C(=O)c1cc(C)ccc1Br. The van der Waals surface area contributed by atoms with Gasteiger partial charge in [0.1, 0.15) is 0 Å². The second kappa shape index (κ2) is 9.10. The number of rotatable bonds is 8. The number of hydrogen-bond acceptors (Lipinski definition) is 3.